The molecular weight excluding hydrogens is 1140 g/mol. The molecule has 0 radical (unpaired) electrons. The Morgan fingerprint density at radius 1 is 0.284 bits per heavy atom. The third-order valence-corrected chi connectivity index (χ3v) is 15.1. The Bertz CT molecular complexity index is 1720. The van der Waals surface area contributed by atoms with Gasteiger partial charge in [0.15, 0.2) is 0 Å². The summed E-state index contributed by atoms with van der Waals surface area (Å²) in [7, 11) is 0. The molecule has 0 aromatic heterocycles. The molecule has 28 nitrogen and oxygen atoms in total. The number of nitrogens with zero attached hydrogens (tertiary/aromatic N) is 8. The van der Waals surface area contributed by atoms with Crippen LogP contribution in [0.1, 0.15) is 215 Å². The SMILES string of the molecule is CC(C)(CC(O)CN(CCCCCCN(CC(O)CC(C)(C)[N+](=O)[O-])CC(O)CC(C)(C)[N+](=O)[O-])CC(O)CC(C)(C)[N+](=O)[O-])[N+](=O)[O-].CC(C)(N)CC(O)CN(CCCCCCN(CC(O)CC(C)(C)N)CC(O)CC(C)(C)N)CC(O)CC(C)(C)N.[HH]. The van der Waals surface area contributed by atoms with Crippen LogP contribution in [0.5, 0.6) is 0 Å². The zero-order valence-corrected chi connectivity index (χ0v) is 57.1. The fourth-order valence-electron chi connectivity index (χ4n) is 11.0. The summed E-state index contributed by atoms with van der Waals surface area (Å²) < 4.78 is 0. The number of aliphatic hydroxyl groups excluding tert-OH is 8. The van der Waals surface area contributed by atoms with Crippen molar-refractivity contribution in [1.82, 2.24) is 19.6 Å². The van der Waals surface area contributed by atoms with Gasteiger partial charge in [0.25, 0.3) is 0 Å². The molecule has 8 atom stereocenters. The van der Waals surface area contributed by atoms with Crippen LogP contribution < -0.4 is 22.9 Å². The van der Waals surface area contributed by atoms with Crippen LogP contribution in [0, 0.1) is 40.5 Å². The molecule has 526 valence electrons. The lowest BCUT2D eigenvalue weighted by Crippen LogP contribution is -2.45. The normalized spacial score (nSPS) is 16.3. The van der Waals surface area contributed by atoms with Crippen LogP contribution in [0.15, 0.2) is 0 Å². The first-order valence-corrected chi connectivity index (χ1v) is 31.7. The fraction of sp³-hybridized carbons (Fsp3) is 1.00. The van der Waals surface area contributed by atoms with Crippen molar-refractivity contribution >= 4 is 0 Å². The lowest BCUT2D eigenvalue weighted by atomic mass is 9.96. The zero-order chi connectivity index (χ0) is 69.0. The lowest BCUT2D eigenvalue weighted by Gasteiger charge is -2.32. The van der Waals surface area contributed by atoms with Gasteiger partial charge in [0, 0.05) is 177 Å². The predicted molar refractivity (Wildman–Crippen MR) is 347 cm³/mol. The van der Waals surface area contributed by atoms with Gasteiger partial charge in [-0.05, 0) is 133 Å². The summed E-state index contributed by atoms with van der Waals surface area (Å²) in [6.45, 7) is 30.8. The highest BCUT2D eigenvalue weighted by molar-refractivity contribution is 4.86. The van der Waals surface area contributed by atoms with Crippen LogP contribution in [-0.4, -0.2) is 252 Å². The third kappa shape index (κ3) is 45.3. The van der Waals surface area contributed by atoms with Crippen molar-refractivity contribution in [3.8, 4) is 0 Å². The van der Waals surface area contributed by atoms with Gasteiger partial charge in [0.1, 0.15) is 0 Å². The summed E-state index contributed by atoms with van der Waals surface area (Å²) in [5.41, 5.74) is 17.1. The molecule has 0 saturated heterocycles. The van der Waals surface area contributed by atoms with E-state index in [1.165, 1.54) is 55.4 Å². The average molecular weight is 1280 g/mol. The van der Waals surface area contributed by atoms with Crippen molar-refractivity contribution in [2.24, 2.45) is 22.9 Å². The molecule has 88 heavy (non-hydrogen) atoms. The standard InChI is InChI=1S/C30H60N6O12.C30H68N6O4.H2/c1-27(2,33(41)42)15-23(37)19-31(20-24(38)16-28(3,4)34(43)44)13-11-9-10-12-14-32(21-25(39)17-29(5,6)35(45)46)22-26(40)18-30(7,8)36(47)48;1-27(2,31)15-23(37)19-35(20-24(38)16-28(3,4)32)13-11-9-10-12-14-36(21-25(39)17-29(5,6)33)22-26(40)18-30(7,8)34;/h23-26,37-40H,9-22H2,1-8H3;23-26,37-40H,9-22,31-34H2,1-8H3;1H. The van der Waals surface area contributed by atoms with Crippen LogP contribution in [-0.2, 0) is 0 Å². The second-order valence-corrected chi connectivity index (χ2v) is 31.0. The molecule has 0 rings (SSSR count). The molecule has 0 heterocycles. The van der Waals surface area contributed by atoms with Crippen molar-refractivity contribution in [2.75, 3.05) is 78.5 Å². The molecule has 16 N–H and O–H groups in total. The molecule has 0 amide bonds. The Hall–Kier alpha value is -3.04. The van der Waals surface area contributed by atoms with Crippen molar-refractivity contribution in [3.05, 3.63) is 40.5 Å². The summed E-state index contributed by atoms with van der Waals surface area (Å²) in [4.78, 5) is 51.2. The van der Waals surface area contributed by atoms with E-state index >= 15 is 0 Å². The Kier molecular flexibility index (Phi) is 39.1. The molecule has 0 aliphatic carbocycles. The van der Waals surface area contributed by atoms with Crippen molar-refractivity contribution in [1.29, 1.82) is 0 Å². The van der Waals surface area contributed by atoms with Crippen LogP contribution in [0.3, 0.4) is 0 Å². The first kappa shape index (κ1) is 87.0. The highest BCUT2D eigenvalue weighted by atomic mass is 16.6. The highest BCUT2D eigenvalue weighted by Gasteiger charge is 2.39. The Morgan fingerprint density at radius 2 is 0.409 bits per heavy atom. The molecule has 0 saturated carbocycles. The molecule has 0 aromatic rings. The molecule has 8 unspecified atom stereocenters. The van der Waals surface area contributed by atoms with E-state index in [0.717, 1.165) is 38.8 Å². The third-order valence-electron chi connectivity index (χ3n) is 15.1. The Labute approximate surface area is 528 Å². The lowest BCUT2D eigenvalue weighted by molar-refractivity contribution is -0.563. The largest absolute Gasteiger partial charge is 0.392 e. The van der Waals surface area contributed by atoms with E-state index in [0.29, 0.717) is 90.6 Å². The highest BCUT2D eigenvalue weighted by Crippen LogP contribution is 2.23. The van der Waals surface area contributed by atoms with Crippen LogP contribution >= 0.6 is 0 Å². The number of aliphatic hydroxyl groups is 8. The summed E-state index contributed by atoms with van der Waals surface area (Å²) in [6.07, 6.45) is 1.31. The molecule has 0 bridgehead atoms. The fourth-order valence-corrected chi connectivity index (χ4v) is 11.0. The van der Waals surface area contributed by atoms with E-state index in [9.17, 15) is 81.3 Å². The summed E-state index contributed by atoms with van der Waals surface area (Å²) in [5, 5.41) is 130. The Morgan fingerprint density at radius 3 is 0.523 bits per heavy atom. The molecule has 28 heteroatoms. The minimum absolute atomic E-state index is 0. The van der Waals surface area contributed by atoms with E-state index in [4.69, 9.17) is 22.9 Å². The number of hydrogen-bond acceptors (Lipinski definition) is 24. The first-order chi connectivity index (χ1) is 39.7. The van der Waals surface area contributed by atoms with Gasteiger partial charge in [-0.1, -0.05) is 25.7 Å². The van der Waals surface area contributed by atoms with E-state index in [1.807, 2.05) is 55.4 Å². The second-order valence-electron chi connectivity index (χ2n) is 31.0. The topological polar surface area (TPSA) is 451 Å². The van der Waals surface area contributed by atoms with Crippen molar-refractivity contribution < 1.29 is 62.0 Å². The van der Waals surface area contributed by atoms with E-state index in [1.54, 1.807) is 9.80 Å². The summed E-state index contributed by atoms with van der Waals surface area (Å²) in [6, 6.07) is 0. The minimum atomic E-state index is -1.37. The molecule has 0 fully saturated rings. The van der Waals surface area contributed by atoms with Gasteiger partial charge in [0.05, 0.1) is 48.8 Å². The van der Waals surface area contributed by atoms with Gasteiger partial charge in [-0.25, -0.2) is 0 Å². The quantitative estimate of drug-likeness (QED) is 0.0234. The maximum Gasteiger partial charge on any atom is 0.219 e. The van der Waals surface area contributed by atoms with Crippen LogP contribution in [0.4, 0.5) is 0 Å². The number of nitro groups is 4. The molecule has 0 aliphatic heterocycles. The van der Waals surface area contributed by atoms with Gasteiger partial charge in [0.2, 0.25) is 22.2 Å². The summed E-state index contributed by atoms with van der Waals surface area (Å²) in [5.74, 6) is 0. The summed E-state index contributed by atoms with van der Waals surface area (Å²) >= 11 is 0. The Balaban J connectivity index is -0.00000167. The molecular formula is C60H130N12O16. The van der Waals surface area contributed by atoms with Gasteiger partial charge < -0.3 is 63.8 Å². The van der Waals surface area contributed by atoms with E-state index in [-0.39, 0.29) is 53.3 Å². The van der Waals surface area contributed by atoms with E-state index < -0.39 is 113 Å². The van der Waals surface area contributed by atoms with Crippen molar-refractivity contribution in [3.63, 3.8) is 0 Å². The zero-order valence-electron chi connectivity index (χ0n) is 57.1. The maximum absolute atomic E-state index is 11.3. The second kappa shape index (κ2) is 39.5. The molecule has 0 aromatic carbocycles. The van der Waals surface area contributed by atoms with Gasteiger partial charge in [-0.2, -0.15) is 0 Å². The first-order valence-electron chi connectivity index (χ1n) is 31.7. The molecule has 0 aliphatic rings. The average Bonchev–Trinajstić information content (AvgIpc) is 3.46. The van der Waals surface area contributed by atoms with Gasteiger partial charge in [-0.3, -0.25) is 60.1 Å². The van der Waals surface area contributed by atoms with E-state index in [2.05, 4.69) is 9.80 Å². The predicted octanol–water partition coefficient (Wildman–Crippen LogP) is 3.73. The van der Waals surface area contributed by atoms with Crippen LogP contribution in [0.25, 0.3) is 0 Å². The number of unbranched alkanes of at least 4 members (excludes halogenated alkanes) is 6. The number of nitrogens with two attached hydrogens (primary N) is 4. The van der Waals surface area contributed by atoms with Crippen molar-refractivity contribution in [2.45, 2.75) is 307 Å². The van der Waals surface area contributed by atoms with Gasteiger partial charge >= 0.3 is 0 Å². The smallest absolute Gasteiger partial charge is 0.219 e. The molecule has 0 spiro atoms. The van der Waals surface area contributed by atoms with Crippen LogP contribution in [0.2, 0.25) is 0 Å². The monoisotopic (exact) mass is 1270 g/mol. The number of hydrogen-bond donors (Lipinski definition) is 12. The number of rotatable bonds is 50. The maximum atomic E-state index is 11.3. The minimum Gasteiger partial charge on any atom is -0.392 e. The van der Waals surface area contributed by atoms with Gasteiger partial charge in [-0.15, -0.1) is 0 Å².